The molecule has 0 radical (unpaired) electrons. The first-order valence-electron chi connectivity index (χ1n) is 5.95. The van der Waals surface area contributed by atoms with Gasteiger partial charge < -0.3 is 9.47 Å². The molecule has 0 N–H and O–H groups in total. The molecule has 2 rings (SSSR count). The molecule has 0 unspecified atom stereocenters. The van der Waals surface area contributed by atoms with Crippen LogP contribution >= 0.6 is 0 Å². The van der Waals surface area contributed by atoms with Gasteiger partial charge >= 0.3 is 0 Å². The minimum absolute atomic E-state index is 0.469. The number of hydrogen-bond acceptors (Lipinski definition) is 4. The number of ether oxygens (including phenoxy) is 2. The highest BCUT2D eigenvalue weighted by atomic mass is 16.5. The lowest BCUT2D eigenvalue weighted by molar-refractivity contribution is 0.112. The van der Waals surface area contributed by atoms with Crippen LogP contribution in [0.25, 0.3) is 11.1 Å². The number of para-hydroxylation sites is 1. The molecule has 0 spiro atoms. The van der Waals surface area contributed by atoms with Gasteiger partial charge in [0.15, 0.2) is 6.29 Å². The van der Waals surface area contributed by atoms with Crippen LogP contribution in [0.1, 0.15) is 15.9 Å². The summed E-state index contributed by atoms with van der Waals surface area (Å²) < 4.78 is 10.6. The van der Waals surface area contributed by atoms with Gasteiger partial charge in [0.25, 0.3) is 0 Å². The summed E-state index contributed by atoms with van der Waals surface area (Å²) in [6, 6.07) is 12.5. The average molecular weight is 267 g/mol. The topological polar surface area (TPSA) is 59.3 Å². The van der Waals surface area contributed by atoms with E-state index in [9.17, 15) is 4.79 Å². The quantitative estimate of drug-likeness (QED) is 0.799. The van der Waals surface area contributed by atoms with Crippen LogP contribution < -0.4 is 9.47 Å². The van der Waals surface area contributed by atoms with E-state index in [1.165, 1.54) is 14.2 Å². The summed E-state index contributed by atoms with van der Waals surface area (Å²) in [7, 11) is 3.05. The summed E-state index contributed by atoms with van der Waals surface area (Å²) >= 11 is 0. The average Bonchev–Trinajstić information content (AvgIpc) is 2.53. The Morgan fingerprint density at radius 3 is 2.50 bits per heavy atom. The number of nitrogens with zero attached hydrogens (tertiary/aromatic N) is 1. The molecule has 4 nitrogen and oxygen atoms in total. The third-order valence-corrected chi connectivity index (χ3v) is 3.00. The number of nitriles is 1. The highest BCUT2D eigenvalue weighted by Gasteiger charge is 2.14. The second-order valence-corrected chi connectivity index (χ2v) is 4.07. The van der Waals surface area contributed by atoms with Crippen LogP contribution in [-0.4, -0.2) is 20.5 Å². The summed E-state index contributed by atoms with van der Waals surface area (Å²) in [6.07, 6.45) is 0.748. The molecule has 0 heterocycles. The van der Waals surface area contributed by atoms with Gasteiger partial charge in [-0.1, -0.05) is 12.1 Å². The second-order valence-electron chi connectivity index (χ2n) is 4.07. The van der Waals surface area contributed by atoms with Crippen LogP contribution in [-0.2, 0) is 0 Å². The van der Waals surface area contributed by atoms with E-state index in [2.05, 4.69) is 6.07 Å². The Bertz CT molecular complexity index is 687. The molecule has 0 saturated heterocycles. The zero-order valence-corrected chi connectivity index (χ0v) is 11.2. The number of benzene rings is 2. The van der Waals surface area contributed by atoms with Gasteiger partial charge in [0.2, 0.25) is 0 Å². The van der Waals surface area contributed by atoms with Crippen LogP contribution in [0.4, 0.5) is 0 Å². The van der Waals surface area contributed by atoms with E-state index in [1.54, 1.807) is 30.3 Å². The largest absolute Gasteiger partial charge is 0.496 e. The molecule has 0 bridgehead atoms. The van der Waals surface area contributed by atoms with E-state index in [1.807, 2.05) is 6.07 Å². The summed E-state index contributed by atoms with van der Waals surface area (Å²) in [5, 5.41) is 8.93. The summed E-state index contributed by atoms with van der Waals surface area (Å²) in [6.45, 7) is 0. The summed E-state index contributed by atoms with van der Waals surface area (Å²) in [4.78, 5) is 11.1. The standard InChI is InChI=1S/C16H13NO3/c1-19-15-8-11(9-17)6-7-13(15)14-5-3-4-12(10-18)16(14)20-2/h3-8,10H,1-2H3. The van der Waals surface area contributed by atoms with Crippen molar-refractivity contribution in [3.8, 4) is 28.7 Å². The molecule has 0 atom stereocenters. The molecule has 0 aliphatic heterocycles. The number of carbonyl (C=O) groups is 1. The van der Waals surface area contributed by atoms with Crippen molar-refractivity contribution in [3.05, 3.63) is 47.5 Å². The van der Waals surface area contributed by atoms with Gasteiger partial charge in [-0.3, -0.25) is 4.79 Å². The Morgan fingerprint density at radius 1 is 1.10 bits per heavy atom. The monoisotopic (exact) mass is 267 g/mol. The molecule has 100 valence electrons. The first-order chi connectivity index (χ1) is 9.74. The van der Waals surface area contributed by atoms with Crippen LogP contribution in [0, 0.1) is 11.3 Å². The van der Waals surface area contributed by atoms with Crippen LogP contribution in [0.15, 0.2) is 36.4 Å². The number of rotatable bonds is 4. The smallest absolute Gasteiger partial charge is 0.153 e. The van der Waals surface area contributed by atoms with Crippen LogP contribution in [0.5, 0.6) is 11.5 Å². The molecule has 0 aliphatic rings. The normalized spacial score (nSPS) is 9.65. The molecule has 0 aromatic heterocycles. The molecular formula is C16H13NO3. The highest BCUT2D eigenvalue weighted by molar-refractivity contribution is 5.87. The number of hydrogen-bond donors (Lipinski definition) is 0. The van der Waals surface area contributed by atoms with Crippen molar-refractivity contribution >= 4 is 6.29 Å². The van der Waals surface area contributed by atoms with Gasteiger partial charge in [0, 0.05) is 11.1 Å². The van der Waals surface area contributed by atoms with E-state index >= 15 is 0 Å². The van der Waals surface area contributed by atoms with Crippen molar-refractivity contribution in [1.82, 2.24) is 0 Å². The van der Waals surface area contributed by atoms with E-state index in [4.69, 9.17) is 14.7 Å². The van der Waals surface area contributed by atoms with E-state index < -0.39 is 0 Å². The maximum atomic E-state index is 11.1. The van der Waals surface area contributed by atoms with Gasteiger partial charge in [-0.05, 0) is 24.3 Å². The third-order valence-electron chi connectivity index (χ3n) is 3.00. The zero-order valence-electron chi connectivity index (χ0n) is 11.2. The lowest BCUT2D eigenvalue weighted by Gasteiger charge is -2.14. The SMILES string of the molecule is COc1cc(C#N)ccc1-c1cccc(C=O)c1OC. The molecule has 0 saturated carbocycles. The van der Waals surface area contributed by atoms with Crippen molar-refractivity contribution in [2.75, 3.05) is 14.2 Å². The molecular weight excluding hydrogens is 254 g/mol. The predicted octanol–water partition coefficient (Wildman–Crippen LogP) is 3.05. The van der Waals surface area contributed by atoms with Crippen molar-refractivity contribution in [1.29, 1.82) is 5.26 Å². The number of carbonyl (C=O) groups excluding carboxylic acids is 1. The Hall–Kier alpha value is -2.80. The Balaban J connectivity index is 2.68. The fourth-order valence-electron chi connectivity index (χ4n) is 2.07. The van der Waals surface area contributed by atoms with E-state index in [0.29, 0.717) is 22.6 Å². The lowest BCUT2D eigenvalue weighted by atomic mass is 9.99. The Labute approximate surface area is 117 Å². The van der Waals surface area contributed by atoms with Crippen LogP contribution in [0.2, 0.25) is 0 Å². The molecule has 0 fully saturated rings. The van der Waals surface area contributed by atoms with Gasteiger partial charge in [0.1, 0.15) is 11.5 Å². The van der Waals surface area contributed by atoms with Crippen molar-refractivity contribution in [3.63, 3.8) is 0 Å². The van der Waals surface area contributed by atoms with Crippen molar-refractivity contribution < 1.29 is 14.3 Å². The third kappa shape index (κ3) is 2.34. The maximum absolute atomic E-state index is 11.1. The molecule has 0 aliphatic carbocycles. The lowest BCUT2D eigenvalue weighted by Crippen LogP contribution is -1.96. The van der Waals surface area contributed by atoms with Gasteiger partial charge in [-0.25, -0.2) is 0 Å². The minimum Gasteiger partial charge on any atom is -0.496 e. The Kier molecular flexibility index (Phi) is 4.02. The predicted molar refractivity (Wildman–Crippen MR) is 75.1 cm³/mol. The number of methoxy groups -OCH3 is 2. The van der Waals surface area contributed by atoms with Crippen molar-refractivity contribution in [2.45, 2.75) is 0 Å². The summed E-state index contributed by atoms with van der Waals surface area (Å²) in [5.41, 5.74) is 2.50. The fourth-order valence-corrected chi connectivity index (χ4v) is 2.07. The van der Waals surface area contributed by atoms with Crippen LogP contribution in [0.3, 0.4) is 0 Å². The molecule has 20 heavy (non-hydrogen) atoms. The van der Waals surface area contributed by atoms with E-state index in [-0.39, 0.29) is 0 Å². The minimum atomic E-state index is 0.469. The van der Waals surface area contributed by atoms with Crippen molar-refractivity contribution in [2.24, 2.45) is 0 Å². The van der Waals surface area contributed by atoms with Gasteiger partial charge in [-0.2, -0.15) is 5.26 Å². The number of aldehydes is 1. The molecule has 2 aromatic rings. The van der Waals surface area contributed by atoms with Gasteiger partial charge in [-0.15, -0.1) is 0 Å². The fraction of sp³-hybridized carbons (Fsp3) is 0.125. The first kappa shape index (κ1) is 13.6. The zero-order chi connectivity index (χ0) is 14.5. The molecule has 0 amide bonds. The molecule has 2 aromatic carbocycles. The van der Waals surface area contributed by atoms with Gasteiger partial charge in [0.05, 0.1) is 31.4 Å². The summed E-state index contributed by atoms with van der Waals surface area (Å²) in [5.74, 6) is 1.05. The molecule has 4 heteroatoms. The first-order valence-corrected chi connectivity index (χ1v) is 5.95. The maximum Gasteiger partial charge on any atom is 0.153 e. The highest BCUT2D eigenvalue weighted by Crippen LogP contribution is 2.38. The second kappa shape index (κ2) is 5.89. The van der Waals surface area contributed by atoms with E-state index in [0.717, 1.165) is 17.4 Å². The Morgan fingerprint density at radius 2 is 1.90 bits per heavy atom.